The van der Waals surface area contributed by atoms with Crippen LogP contribution in [0, 0.1) is 11.8 Å². The average molecular weight is 764 g/mol. The molecule has 0 bridgehead atoms. The van der Waals surface area contributed by atoms with Gasteiger partial charge in [0.25, 0.3) is 5.17 Å². The van der Waals surface area contributed by atoms with Crippen molar-refractivity contribution >= 4 is 29.3 Å². The molecule has 2 aliphatic heterocycles. The number of hydrogen-bond acceptors (Lipinski definition) is 8. The minimum absolute atomic E-state index is 0.00116. The summed E-state index contributed by atoms with van der Waals surface area (Å²) in [6, 6.07) is 19.0. The van der Waals surface area contributed by atoms with Gasteiger partial charge in [-0.05, 0) is 71.5 Å². The van der Waals surface area contributed by atoms with Crippen molar-refractivity contribution in [1.82, 2.24) is 4.90 Å². The van der Waals surface area contributed by atoms with Crippen molar-refractivity contribution in [3.8, 4) is 0 Å². The first-order chi connectivity index (χ1) is 25.7. The molecule has 2 fully saturated rings. The maximum atomic E-state index is 14.9. The molecular weight excluding hydrogens is 699 g/mol. The minimum Gasteiger partial charge on any atom is -0.458 e. The van der Waals surface area contributed by atoms with E-state index in [2.05, 4.69) is 6.92 Å². The van der Waals surface area contributed by atoms with E-state index in [1.165, 1.54) is 37.5 Å². The van der Waals surface area contributed by atoms with Gasteiger partial charge in [-0.2, -0.15) is 0 Å². The monoisotopic (exact) mass is 763 g/mol. The number of carbonyl (C=O) groups excluding carboxylic acids is 2. The van der Waals surface area contributed by atoms with Crippen LogP contribution in [-0.2, 0) is 34.1 Å². The van der Waals surface area contributed by atoms with Gasteiger partial charge in [0.1, 0.15) is 5.60 Å². The van der Waals surface area contributed by atoms with Gasteiger partial charge in [-0.15, -0.1) is 0 Å². The zero-order valence-electron chi connectivity index (χ0n) is 33.8. The van der Waals surface area contributed by atoms with E-state index in [1.54, 1.807) is 26.8 Å². The van der Waals surface area contributed by atoms with Gasteiger partial charge in [-0.1, -0.05) is 132 Å². The Morgan fingerprint density at radius 2 is 1.39 bits per heavy atom. The number of amides is 1. The number of rotatable bonds is 20. The van der Waals surface area contributed by atoms with E-state index in [0.29, 0.717) is 19.6 Å². The molecule has 2 aromatic rings. The van der Waals surface area contributed by atoms with Gasteiger partial charge in [0.15, 0.2) is 17.0 Å². The van der Waals surface area contributed by atoms with Crippen LogP contribution >= 0.6 is 12.2 Å². The molecule has 0 aliphatic carbocycles. The highest BCUT2D eigenvalue weighted by Crippen LogP contribution is 2.48. The summed E-state index contributed by atoms with van der Waals surface area (Å²) >= 11 is 5.88. The van der Waals surface area contributed by atoms with Crippen LogP contribution in [0.2, 0.25) is 0 Å². The topological polar surface area (TPSA) is 94.5 Å². The molecule has 0 spiro atoms. The van der Waals surface area contributed by atoms with Crippen molar-refractivity contribution in [2.45, 2.75) is 154 Å². The fourth-order valence-corrected chi connectivity index (χ4v) is 8.19. The van der Waals surface area contributed by atoms with Crippen LogP contribution in [0.1, 0.15) is 137 Å². The second-order valence-corrected chi connectivity index (χ2v) is 16.9. The van der Waals surface area contributed by atoms with E-state index in [4.69, 9.17) is 31.2 Å². The second kappa shape index (κ2) is 19.7. The van der Waals surface area contributed by atoms with Crippen molar-refractivity contribution in [1.29, 1.82) is 0 Å². The van der Waals surface area contributed by atoms with Gasteiger partial charge in [0.2, 0.25) is 5.91 Å². The summed E-state index contributed by atoms with van der Waals surface area (Å²) in [5, 5.41) is 11.9. The Balaban J connectivity index is 1.52. The molecule has 0 radical (unpaired) electrons. The molecule has 2 aliphatic rings. The van der Waals surface area contributed by atoms with E-state index < -0.39 is 46.4 Å². The molecule has 54 heavy (non-hydrogen) atoms. The van der Waals surface area contributed by atoms with Crippen LogP contribution in [-0.4, -0.2) is 63.3 Å². The number of benzene rings is 2. The molecule has 2 saturated heterocycles. The Hall–Kier alpha value is -3.11. The highest BCUT2D eigenvalue weighted by Gasteiger charge is 2.60. The smallest absolute Gasteiger partial charge is 0.339 e. The maximum absolute atomic E-state index is 14.9. The highest BCUT2D eigenvalue weighted by molar-refractivity contribution is 7.80. The van der Waals surface area contributed by atoms with Crippen LogP contribution in [0.3, 0.4) is 0 Å². The first kappa shape index (κ1) is 43.6. The normalized spacial score (nSPS) is 19.9. The van der Waals surface area contributed by atoms with Crippen LogP contribution in [0.4, 0.5) is 0 Å². The third-order valence-electron chi connectivity index (χ3n) is 10.6. The number of unbranched alkanes of at least 4 members (excludes halogenated alkanes) is 8. The number of aliphatic hydroxyl groups is 1. The SMILES string of the molecule is CCCCCCCC1(CCCCCC/C=C/[C@H](C(=O)N2C(=S)OC(c3ccccc3)(c3ccccc3)[C@@H]2C(C)C)[C@](C)(O)C(=O)OC(C)(C)C)OCCO1. The van der Waals surface area contributed by atoms with Gasteiger partial charge in [0.05, 0.1) is 25.2 Å². The van der Waals surface area contributed by atoms with Crippen LogP contribution in [0.15, 0.2) is 72.8 Å². The largest absolute Gasteiger partial charge is 0.458 e. The Bertz CT molecular complexity index is 1470. The van der Waals surface area contributed by atoms with E-state index in [0.717, 1.165) is 56.1 Å². The van der Waals surface area contributed by atoms with E-state index in [-0.39, 0.29) is 11.1 Å². The molecule has 0 aromatic heterocycles. The Morgan fingerprint density at radius 1 is 0.870 bits per heavy atom. The molecule has 9 heteroatoms. The Kier molecular flexibility index (Phi) is 15.9. The molecule has 0 unspecified atom stereocenters. The average Bonchev–Trinajstić information content (AvgIpc) is 3.73. The van der Waals surface area contributed by atoms with Gasteiger partial charge in [-0.3, -0.25) is 9.69 Å². The van der Waals surface area contributed by atoms with Crippen molar-refractivity contribution in [2.24, 2.45) is 11.8 Å². The molecule has 0 saturated carbocycles. The number of ether oxygens (including phenoxy) is 4. The lowest BCUT2D eigenvalue weighted by Crippen LogP contribution is -2.56. The third kappa shape index (κ3) is 10.8. The second-order valence-electron chi connectivity index (χ2n) is 16.5. The molecule has 1 amide bonds. The summed E-state index contributed by atoms with van der Waals surface area (Å²) in [4.78, 5) is 30.0. The fourth-order valence-electron chi connectivity index (χ4n) is 7.85. The number of thiocarbonyl (C=S) groups is 1. The quantitative estimate of drug-likeness (QED) is 0.0617. The van der Waals surface area contributed by atoms with Crippen molar-refractivity contribution in [3.05, 3.63) is 83.9 Å². The lowest BCUT2D eigenvalue weighted by atomic mass is 9.75. The summed E-state index contributed by atoms with van der Waals surface area (Å²) in [5.74, 6) is -3.24. The zero-order chi connectivity index (χ0) is 39.4. The molecule has 8 nitrogen and oxygen atoms in total. The summed E-state index contributed by atoms with van der Waals surface area (Å²) in [6.45, 7) is 14.2. The summed E-state index contributed by atoms with van der Waals surface area (Å²) < 4.78 is 24.6. The van der Waals surface area contributed by atoms with Gasteiger partial charge in [-0.25, -0.2) is 4.79 Å². The number of hydrogen-bond donors (Lipinski definition) is 1. The molecule has 298 valence electrons. The molecule has 3 atom stereocenters. The van der Waals surface area contributed by atoms with Crippen LogP contribution < -0.4 is 0 Å². The molecular formula is C45H65NO7S. The number of esters is 1. The van der Waals surface area contributed by atoms with Crippen molar-refractivity contribution in [2.75, 3.05) is 13.2 Å². The Morgan fingerprint density at radius 3 is 1.89 bits per heavy atom. The van der Waals surface area contributed by atoms with E-state index >= 15 is 0 Å². The highest BCUT2D eigenvalue weighted by atomic mass is 32.1. The first-order valence-corrected chi connectivity index (χ1v) is 20.7. The zero-order valence-corrected chi connectivity index (χ0v) is 34.6. The summed E-state index contributed by atoms with van der Waals surface area (Å²) in [7, 11) is 0. The maximum Gasteiger partial charge on any atom is 0.339 e. The van der Waals surface area contributed by atoms with Gasteiger partial charge in [0, 0.05) is 24.0 Å². The van der Waals surface area contributed by atoms with Crippen molar-refractivity contribution < 1.29 is 33.6 Å². The lowest BCUT2D eigenvalue weighted by molar-refractivity contribution is -0.182. The summed E-state index contributed by atoms with van der Waals surface area (Å²) in [6.07, 6.45) is 16.1. The number of allylic oxidation sites excluding steroid dienone is 1. The Labute approximate surface area is 330 Å². The first-order valence-electron chi connectivity index (χ1n) is 20.3. The van der Waals surface area contributed by atoms with E-state index in [1.807, 2.05) is 80.6 Å². The third-order valence-corrected chi connectivity index (χ3v) is 10.9. The number of carbonyl (C=O) groups is 2. The molecule has 2 heterocycles. The number of nitrogens with zero attached hydrogens (tertiary/aromatic N) is 1. The predicted molar refractivity (Wildman–Crippen MR) is 218 cm³/mol. The van der Waals surface area contributed by atoms with Crippen LogP contribution in [0.5, 0.6) is 0 Å². The van der Waals surface area contributed by atoms with Gasteiger partial charge < -0.3 is 24.1 Å². The summed E-state index contributed by atoms with van der Waals surface area (Å²) in [5.41, 5.74) is -2.47. The van der Waals surface area contributed by atoms with Crippen LogP contribution in [0.25, 0.3) is 0 Å². The van der Waals surface area contributed by atoms with E-state index in [9.17, 15) is 14.7 Å². The minimum atomic E-state index is -2.19. The van der Waals surface area contributed by atoms with Crippen molar-refractivity contribution in [3.63, 3.8) is 0 Å². The standard InChI is InChI=1S/C45H65NO7S/c1-8-9-10-14-23-30-44(50-32-33-51-44)31-24-15-12-11-13-22-29-37(43(7,49)40(48)52-42(4,5)6)39(47)46-38(34(2)3)45(53-41(46)54,35-25-18-16-19-26-35)36-27-20-17-21-28-36/h16-22,25-29,34,37-38,49H,8-15,23-24,30-33H2,1-7H3/b29-22+/t37-,38+,43+/m1/s1. The van der Waals surface area contributed by atoms with Gasteiger partial charge >= 0.3 is 5.97 Å². The lowest BCUT2D eigenvalue weighted by Gasteiger charge is -2.39. The predicted octanol–water partition coefficient (Wildman–Crippen LogP) is 9.81. The molecule has 4 rings (SSSR count). The fraction of sp³-hybridized carbons (Fsp3) is 0.622. The molecule has 2 aromatic carbocycles. The molecule has 1 N–H and O–H groups in total.